The highest BCUT2D eigenvalue weighted by Crippen LogP contribution is 2.21. The maximum Gasteiger partial charge on any atom is 0.127 e. The van der Waals surface area contributed by atoms with Crippen LogP contribution in [0.4, 0.5) is 4.39 Å². The molecule has 114 valence electrons. The van der Waals surface area contributed by atoms with Gasteiger partial charge < -0.3 is 9.84 Å². The molecule has 1 rings (SSSR count). The maximum atomic E-state index is 13.7. The summed E-state index contributed by atoms with van der Waals surface area (Å²) in [7, 11) is 1.88. The Bertz CT molecular complexity index is 386. The minimum Gasteiger partial charge on any atom is -0.389 e. The van der Waals surface area contributed by atoms with Crippen molar-refractivity contribution < 1.29 is 14.2 Å². The molecule has 0 fully saturated rings. The third-order valence-corrected chi connectivity index (χ3v) is 3.47. The van der Waals surface area contributed by atoms with E-state index in [-0.39, 0.29) is 11.9 Å². The van der Waals surface area contributed by atoms with Gasteiger partial charge in [-0.1, -0.05) is 31.5 Å². The van der Waals surface area contributed by atoms with Crippen LogP contribution in [0.5, 0.6) is 0 Å². The van der Waals surface area contributed by atoms with Crippen LogP contribution in [0.3, 0.4) is 0 Å². The van der Waals surface area contributed by atoms with Gasteiger partial charge in [0.05, 0.1) is 12.7 Å². The SMILES string of the molecule is CCCCOCC(O)CN(C)C(C)c1ccccc1F. The number of ether oxygens (including phenoxy) is 1. The first kappa shape index (κ1) is 17.1. The molecule has 0 amide bonds. The summed E-state index contributed by atoms with van der Waals surface area (Å²) in [6, 6.07) is 6.67. The number of rotatable bonds is 9. The van der Waals surface area contributed by atoms with E-state index < -0.39 is 6.10 Å². The summed E-state index contributed by atoms with van der Waals surface area (Å²) in [6.07, 6.45) is 1.54. The predicted octanol–water partition coefficient (Wildman–Crippen LogP) is 3.00. The Labute approximate surface area is 121 Å². The number of halogens is 1. The van der Waals surface area contributed by atoms with Gasteiger partial charge in [-0.05, 0) is 26.5 Å². The minimum atomic E-state index is -0.550. The third kappa shape index (κ3) is 5.57. The molecule has 1 N–H and O–H groups in total. The largest absolute Gasteiger partial charge is 0.389 e. The van der Waals surface area contributed by atoms with Gasteiger partial charge >= 0.3 is 0 Å². The van der Waals surface area contributed by atoms with Crippen LogP contribution in [0, 0.1) is 5.82 Å². The molecule has 0 aliphatic heterocycles. The Balaban J connectivity index is 2.41. The van der Waals surface area contributed by atoms with Gasteiger partial charge in [-0.2, -0.15) is 0 Å². The molecule has 0 saturated carbocycles. The van der Waals surface area contributed by atoms with Gasteiger partial charge in [0.25, 0.3) is 0 Å². The summed E-state index contributed by atoms with van der Waals surface area (Å²) in [6.45, 7) is 5.50. The molecule has 0 heterocycles. The van der Waals surface area contributed by atoms with Gasteiger partial charge in [0, 0.05) is 24.8 Å². The molecule has 3 nitrogen and oxygen atoms in total. The van der Waals surface area contributed by atoms with E-state index in [2.05, 4.69) is 6.92 Å². The standard InChI is InChI=1S/C16H26FNO2/c1-4-5-10-20-12-14(19)11-18(3)13(2)15-8-6-7-9-16(15)17/h6-9,13-14,19H,4-5,10-12H2,1-3H3. The number of hydrogen-bond donors (Lipinski definition) is 1. The fourth-order valence-electron chi connectivity index (χ4n) is 2.06. The second-order valence-corrected chi connectivity index (χ2v) is 5.22. The molecule has 0 spiro atoms. The maximum absolute atomic E-state index is 13.7. The third-order valence-electron chi connectivity index (χ3n) is 3.47. The summed E-state index contributed by atoms with van der Waals surface area (Å²) in [5, 5.41) is 9.92. The van der Waals surface area contributed by atoms with Crippen molar-refractivity contribution in [1.29, 1.82) is 0 Å². The molecule has 0 aliphatic rings. The molecule has 20 heavy (non-hydrogen) atoms. The number of aliphatic hydroxyl groups excluding tert-OH is 1. The zero-order valence-electron chi connectivity index (χ0n) is 12.7. The van der Waals surface area contributed by atoms with E-state index in [4.69, 9.17) is 4.74 Å². The van der Waals surface area contributed by atoms with Gasteiger partial charge in [0.1, 0.15) is 5.82 Å². The molecular weight excluding hydrogens is 257 g/mol. The second kappa shape index (κ2) is 9.06. The average molecular weight is 283 g/mol. The lowest BCUT2D eigenvalue weighted by Crippen LogP contribution is -2.34. The highest BCUT2D eigenvalue weighted by atomic mass is 19.1. The van der Waals surface area contributed by atoms with Crippen molar-refractivity contribution in [3.8, 4) is 0 Å². The molecule has 0 radical (unpaired) electrons. The van der Waals surface area contributed by atoms with Crippen LogP contribution in [0.25, 0.3) is 0 Å². The number of benzene rings is 1. The number of nitrogens with zero attached hydrogens (tertiary/aromatic N) is 1. The van der Waals surface area contributed by atoms with Gasteiger partial charge in [-0.3, -0.25) is 4.90 Å². The Hall–Kier alpha value is -0.970. The lowest BCUT2D eigenvalue weighted by atomic mass is 10.1. The fraction of sp³-hybridized carbons (Fsp3) is 0.625. The zero-order chi connectivity index (χ0) is 15.0. The van der Waals surface area contributed by atoms with Gasteiger partial charge in [0.15, 0.2) is 0 Å². The molecule has 1 aromatic carbocycles. The van der Waals surface area contributed by atoms with Crippen LogP contribution in [0.1, 0.15) is 38.3 Å². The topological polar surface area (TPSA) is 32.7 Å². The van der Waals surface area contributed by atoms with Gasteiger partial charge in [-0.15, -0.1) is 0 Å². The average Bonchev–Trinajstić information content (AvgIpc) is 2.43. The van der Waals surface area contributed by atoms with Crippen molar-refractivity contribution in [1.82, 2.24) is 4.90 Å². The van der Waals surface area contributed by atoms with Crippen molar-refractivity contribution in [3.05, 3.63) is 35.6 Å². The van der Waals surface area contributed by atoms with Crippen LogP contribution < -0.4 is 0 Å². The van der Waals surface area contributed by atoms with E-state index in [1.807, 2.05) is 24.9 Å². The minimum absolute atomic E-state index is 0.0820. The lowest BCUT2D eigenvalue weighted by molar-refractivity contribution is 0.0141. The van der Waals surface area contributed by atoms with E-state index in [0.29, 0.717) is 25.3 Å². The van der Waals surface area contributed by atoms with Crippen LogP contribution >= 0.6 is 0 Å². The van der Waals surface area contributed by atoms with Crippen molar-refractivity contribution in [3.63, 3.8) is 0 Å². The second-order valence-electron chi connectivity index (χ2n) is 5.22. The normalized spacial score (nSPS) is 14.5. The highest BCUT2D eigenvalue weighted by Gasteiger charge is 2.17. The Kier molecular flexibility index (Phi) is 7.73. The lowest BCUT2D eigenvalue weighted by Gasteiger charge is -2.27. The molecule has 2 atom stereocenters. The first-order valence-corrected chi connectivity index (χ1v) is 7.26. The number of likely N-dealkylation sites (N-methyl/N-ethyl adjacent to an activating group) is 1. The van der Waals surface area contributed by atoms with Crippen LogP contribution in [-0.4, -0.2) is 42.9 Å². The van der Waals surface area contributed by atoms with Crippen molar-refractivity contribution >= 4 is 0 Å². The first-order valence-electron chi connectivity index (χ1n) is 7.26. The van der Waals surface area contributed by atoms with E-state index in [9.17, 15) is 9.50 Å². The fourth-order valence-corrected chi connectivity index (χ4v) is 2.06. The number of hydrogen-bond acceptors (Lipinski definition) is 3. The molecule has 4 heteroatoms. The van der Waals surface area contributed by atoms with E-state index in [1.165, 1.54) is 6.07 Å². The Morgan fingerprint density at radius 3 is 2.70 bits per heavy atom. The molecule has 1 aromatic rings. The molecule has 0 aliphatic carbocycles. The Morgan fingerprint density at radius 1 is 1.35 bits per heavy atom. The molecule has 0 aromatic heterocycles. The quantitative estimate of drug-likeness (QED) is 0.707. The van der Waals surface area contributed by atoms with Gasteiger partial charge in [-0.25, -0.2) is 4.39 Å². The monoisotopic (exact) mass is 283 g/mol. The van der Waals surface area contributed by atoms with Gasteiger partial charge in [0.2, 0.25) is 0 Å². The number of unbranched alkanes of at least 4 members (excludes halogenated alkanes) is 1. The van der Waals surface area contributed by atoms with E-state index in [0.717, 1.165) is 12.8 Å². The summed E-state index contributed by atoms with van der Waals surface area (Å²) in [5.74, 6) is -0.208. The summed E-state index contributed by atoms with van der Waals surface area (Å²) >= 11 is 0. The van der Waals surface area contributed by atoms with E-state index in [1.54, 1.807) is 12.1 Å². The molecule has 0 saturated heterocycles. The summed E-state index contributed by atoms with van der Waals surface area (Å²) < 4.78 is 19.1. The Morgan fingerprint density at radius 2 is 2.05 bits per heavy atom. The zero-order valence-corrected chi connectivity index (χ0v) is 12.7. The van der Waals surface area contributed by atoms with Crippen LogP contribution in [-0.2, 0) is 4.74 Å². The summed E-state index contributed by atoms with van der Waals surface area (Å²) in [4.78, 5) is 1.94. The first-order chi connectivity index (χ1) is 9.56. The van der Waals surface area contributed by atoms with Crippen LogP contribution in [0.15, 0.2) is 24.3 Å². The number of aliphatic hydroxyl groups is 1. The van der Waals surface area contributed by atoms with Crippen molar-refractivity contribution in [2.24, 2.45) is 0 Å². The molecule has 2 unspecified atom stereocenters. The molecule has 0 bridgehead atoms. The molecular formula is C16H26FNO2. The van der Waals surface area contributed by atoms with Crippen molar-refractivity contribution in [2.45, 2.75) is 38.8 Å². The van der Waals surface area contributed by atoms with Crippen molar-refractivity contribution in [2.75, 3.05) is 26.8 Å². The summed E-state index contributed by atoms with van der Waals surface area (Å²) in [5.41, 5.74) is 0.647. The predicted molar refractivity (Wildman–Crippen MR) is 79.2 cm³/mol. The van der Waals surface area contributed by atoms with E-state index >= 15 is 0 Å². The van der Waals surface area contributed by atoms with Crippen LogP contribution in [0.2, 0.25) is 0 Å². The highest BCUT2D eigenvalue weighted by molar-refractivity contribution is 5.20. The smallest absolute Gasteiger partial charge is 0.127 e.